The first kappa shape index (κ1) is 25.5. The van der Waals surface area contributed by atoms with Gasteiger partial charge < -0.3 is 15.0 Å². The summed E-state index contributed by atoms with van der Waals surface area (Å²) < 4.78 is 19.8. The normalized spacial score (nSPS) is 18.4. The number of rotatable bonds is 5. The van der Waals surface area contributed by atoms with E-state index in [-0.39, 0.29) is 30.5 Å². The lowest BCUT2D eigenvalue weighted by molar-refractivity contribution is -0.128. The summed E-state index contributed by atoms with van der Waals surface area (Å²) in [7, 11) is 0. The number of pyridine rings is 1. The van der Waals surface area contributed by atoms with E-state index in [1.807, 2.05) is 25.1 Å². The van der Waals surface area contributed by atoms with Crippen molar-refractivity contribution in [2.45, 2.75) is 38.1 Å². The van der Waals surface area contributed by atoms with Gasteiger partial charge in [0, 0.05) is 56.0 Å². The predicted octanol–water partition coefficient (Wildman–Crippen LogP) is 3.32. The topological polar surface area (TPSA) is 91.8 Å². The molecule has 0 saturated carbocycles. The summed E-state index contributed by atoms with van der Waals surface area (Å²) in [4.78, 5) is 47.4. The quantitative estimate of drug-likeness (QED) is 0.562. The summed E-state index contributed by atoms with van der Waals surface area (Å²) in [5, 5.41) is 2.90. The number of benzene rings is 2. The first-order valence-corrected chi connectivity index (χ1v) is 12.6. The van der Waals surface area contributed by atoms with E-state index in [2.05, 4.69) is 10.3 Å². The maximum absolute atomic E-state index is 13.7. The molecule has 3 amide bonds. The molecule has 1 N–H and O–H groups in total. The Morgan fingerprint density at radius 1 is 1.00 bits per heavy atom. The van der Waals surface area contributed by atoms with Gasteiger partial charge in [0.1, 0.15) is 17.6 Å². The molecule has 0 aliphatic carbocycles. The number of aryl methyl sites for hydroxylation is 1. The number of nitrogens with one attached hydrogen (secondary N) is 1. The van der Waals surface area contributed by atoms with Crippen LogP contribution in [0.1, 0.15) is 44.7 Å². The van der Waals surface area contributed by atoms with Crippen LogP contribution in [0.4, 0.5) is 4.39 Å². The fourth-order valence-corrected chi connectivity index (χ4v) is 5.13. The molecule has 1 unspecified atom stereocenters. The number of carbonyl (C=O) groups excluding carboxylic acids is 3. The number of halogens is 1. The Bertz CT molecular complexity index is 1320. The molecule has 1 aromatic heterocycles. The zero-order chi connectivity index (χ0) is 26.7. The van der Waals surface area contributed by atoms with Crippen LogP contribution in [0, 0.1) is 12.7 Å². The second kappa shape index (κ2) is 10.7. The maximum atomic E-state index is 13.7. The molecule has 0 bridgehead atoms. The molecular formula is C29H29FN4O4. The second-order valence-corrected chi connectivity index (χ2v) is 9.69. The molecule has 9 heteroatoms. The molecule has 3 aromatic rings. The van der Waals surface area contributed by atoms with E-state index in [0.717, 1.165) is 11.1 Å². The lowest BCUT2D eigenvalue weighted by atomic mass is 9.96. The third-order valence-electron chi connectivity index (χ3n) is 7.19. The first-order chi connectivity index (χ1) is 18.4. The molecule has 1 spiro atoms. The molecular weight excluding hydrogens is 487 g/mol. The van der Waals surface area contributed by atoms with Crippen molar-refractivity contribution in [3.05, 3.63) is 101 Å². The molecule has 2 saturated heterocycles. The monoisotopic (exact) mass is 516 g/mol. The van der Waals surface area contributed by atoms with Crippen LogP contribution in [-0.2, 0) is 16.1 Å². The third-order valence-corrected chi connectivity index (χ3v) is 7.19. The van der Waals surface area contributed by atoms with Crippen LogP contribution < -0.4 is 5.32 Å². The van der Waals surface area contributed by atoms with Gasteiger partial charge in [-0.3, -0.25) is 24.3 Å². The Balaban J connectivity index is 1.36. The number of hydrogen-bond acceptors (Lipinski definition) is 5. The molecule has 2 aliphatic heterocycles. The lowest BCUT2D eigenvalue weighted by Crippen LogP contribution is -2.59. The van der Waals surface area contributed by atoms with Gasteiger partial charge in [-0.2, -0.15) is 0 Å². The van der Waals surface area contributed by atoms with Gasteiger partial charge >= 0.3 is 0 Å². The summed E-state index contributed by atoms with van der Waals surface area (Å²) in [5.74, 6) is -1.29. The number of piperidine rings is 1. The number of ether oxygens (including phenoxy) is 1. The summed E-state index contributed by atoms with van der Waals surface area (Å²) in [6.07, 6.45) is 3.99. The molecule has 2 aliphatic rings. The number of nitrogens with zero attached hydrogens (tertiary/aromatic N) is 3. The molecule has 1 atom stereocenters. The largest absolute Gasteiger partial charge is 0.353 e. The fraction of sp³-hybridized carbons (Fsp3) is 0.310. The van der Waals surface area contributed by atoms with Crippen LogP contribution >= 0.6 is 0 Å². The average molecular weight is 517 g/mol. The minimum absolute atomic E-state index is 0.0287. The van der Waals surface area contributed by atoms with Gasteiger partial charge in [0.2, 0.25) is 5.91 Å². The van der Waals surface area contributed by atoms with Crippen LogP contribution in [0.25, 0.3) is 0 Å². The lowest BCUT2D eigenvalue weighted by Gasteiger charge is -2.44. The van der Waals surface area contributed by atoms with Crippen LogP contribution in [0.15, 0.2) is 73.1 Å². The zero-order valence-electron chi connectivity index (χ0n) is 21.1. The highest BCUT2D eigenvalue weighted by Gasteiger charge is 2.54. The van der Waals surface area contributed by atoms with E-state index in [9.17, 15) is 18.8 Å². The van der Waals surface area contributed by atoms with E-state index in [1.54, 1.807) is 35.5 Å². The summed E-state index contributed by atoms with van der Waals surface area (Å²) in [6.45, 7) is 2.98. The molecule has 38 heavy (non-hydrogen) atoms. The third kappa shape index (κ3) is 5.15. The highest BCUT2D eigenvalue weighted by molar-refractivity contribution is 5.98. The number of aromatic nitrogens is 1. The van der Waals surface area contributed by atoms with Gasteiger partial charge in [0.25, 0.3) is 11.8 Å². The maximum Gasteiger partial charge on any atom is 0.256 e. The smallest absolute Gasteiger partial charge is 0.256 e. The molecule has 8 nitrogen and oxygen atoms in total. The summed E-state index contributed by atoms with van der Waals surface area (Å²) in [6, 6.07) is 15.4. The van der Waals surface area contributed by atoms with Gasteiger partial charge in [0.05, 0.1) is 6.61 Å². The van der Waals surface area contributed by atoms with Crippen molar-refractivity contribution in [1.29, 1.82) is 0 Å². The molecule has 2 fully saturated rings. The van der Waals surface area contributed by atoms with Crippen molar-refractivity contribution in [3.8, 4) is 0 Å². The van der Waals surface area contributed by atoms with Crippen LogP contribution in [0.3, 0.4) is 0 Å². The molecule has 2 aromatic carbocycles. The highest BCUT2D eigenvalue weighted by Crippen LogP contribution is 2.39. The summed E-state index contributed by atoms with van der Waals surface area (Å²) >= 11 is 0. The Morgan fingerprint density at radius 3 is 2.39 bits per heavy atom. The van der Waals surface area contributed by atoms with Crippen LogP contribution in [0.5, 0.6) is 0 Å². The first-order valence-electron chi connectivity index (χ1n) is 12.6. The van der Waals surface area contributed by atoms with Crippen molar-refractivity contribution in [3.63, 3.8) is 0 Å². The molecule has 0 radical (unpaired) electrons. The zero-order valence-corrected chi connectivity index (χ0v) is 21.1. The predicted molar refractivity (Wildman–Crippen MR) is 137 cm³/mol. The van der Waals surface area contributed by atoms with Crippen LogP contribution in [-0.4, -0.2) is 64.0 Å². The standard InChI is InChI=1S/C29H29FN4O4/c1-20-3-2-4-23(17-20)27(36)33-15-11-29(12-16-33)34(28(37)22-5-7-24(30)8-6-22)25(19-38-29)26(35)32-18-21-9-13-31-14-10-21/h2-10,13-14,17,25H,11-12,15-16,18-19H2,1H3,(H,32,35). The second-order valence-electron chi connectivity index (χ2n) is 9.69. The Hall–Kier alpha value is -4.11. The fourth-order valence-electron chi connectivity index (χ4n) is 5.13. The van der Waals surface area contributed by atoms with Gasteiger partial charge in [0.15, 0.2) is 0 Å². The van der Waals surface area contributed by atoms with Crippen molar-refractivity contribution >= 4 is 17.7 Å². The van der Waals surface area contributed by atoms with Gasteiger partial charge in [-0.25, -0.2) is 4.39 Å². The van der Waals surface area contributed by atoms with E-state index in [0.29, 0.717) is 31.5 Å². The SMILES string of the molecule is Cc1cccc(C(=O)N2CCC3(CC2)OCC(C(=O)NCc2ccncc2)N3C(=O)c2ccc(F)cc2)c1. The molecule has 3 heterocycles. The van der Waals surface area contributed by atoms with E-state index < -0.39 is 23.5 Å². The highest BCUT2D eigenvalue weighted by atomic mass is 19.1. The minimum atomic E-state index is -1.05. The van der Waals surface area contributed by atoms with Crippen molar-refractivity contribution in [2.75, 3.05) is 19.7 Å². The van der Waals surface area contributed by atoms with Crippen molar-refractivity contribution < 1.29 is 23.5 Å². The number of amides is 3. The van der Waals surface area contributed by atoms with Gasteiger partial charge in [-0.1, -0.05) is 17.7 Å². The summed E-state index contributed by atoms with van der Waals surface area (Å²) in [5.41, 5.74) is 1.71. The Kier molecular flexibility index (Phi) is 7.20. The Morgan fingerprint density at radius 2 is 1.71 bits per heavy atom. The number of carbonyl (C=O) groups is 3. The average Bonchev–Trinajstić information content (AvgIpc) is 3.30. The van der Waals surface area contributed by atoms with Crippen molar-refractivity contribution in [1.82, 2.24) is 20.1 Å². The van der Waals surface area contributed by atoms with Gasteiger partial charge in [-0.05, 0) is 61.0 Å². The Labute approximate surface area is 220 Å². The number of hydrogen-bond donors (Lipinski definition) is 1. The van der Waals surface area contributed by atoms with Crippen LogP contribution in [0.2, 0.25) is 0 Å². The van der Waals surface area contributed by atoms with Crippen molar-refractivity contribution in [2.24, 2.45) is 0 Å². The minimum Gasteiger partial charge on any atom is -0.353 e. The molecule has 196 valence electrons. The van der Waals surface area contributed by atoms with E-state index in [4.69, 9.17) is 4.74 Å². The van der Waals surface area contributed by atoms with E-state index in [1.165, 1.54) is 29.2 Å². The number of likely N-dealkylation sites (tertiary alicyclic amines) is 1. The van der Waals surface area contributed by atoms with Gasteiger partial charge in [-0.15, -0.1) is 0 Å². The molecule has 5 rings (SSSR count). The van der Waals surface area contributed by atoms with E-state index >= 15 is 0 Å².